The van der Waals surface area contributed by atoms with Gasteiger partial charge >= 0.3 is 0 Å². The van der Waals surface area contributed by atoms with Crippen LogP contribution in [0.15, 0.2) is 18.2 Å². The maximum atomic E-state index is 14.0. The number of hydrogen-bond acceptors (Lipinski definition) is 2. The molecule has 1 aromatic carbocycles. The van der Waals surface area contributed by atoms with Crippen LogP contribution in [0.1, 0.15) is 46.5 Å². The quantitative estimate of drug-likeness (QED) is 0.854. The maximum absolute atomic E-state index is 14.0. The predicted octanol–water partition coefficient (Wildman–Crippen LogP) is 4.85. The molecule has 0 radical (unpaired) electrons. The molecule has 2 rings (SSSR count). The lowest BCUT2D eigenvalue weighted by Gasteiger charge is -2.41. The Morgan fingerprint density at radius 2 is 1.90 bits per heavy atom. The van der Waals surface area contributed by atoms with Gasteiger partial charge in [-0.3, -0.25) is 0 Å². The van der Waals surface area contributed by atoms with Crippen molar-refractivity contribution in [2.24, 2.45) is 11.3 Å². The summed E-state index contributed by atoms with van der Waals surface area (Å²) >= 11 is 0. The Kier molecular flexibility index (Phi) is 4.56. The van der Waals surface area contributed by atoms with Crippen molar-refractivity contribution >= 4 is 5.69 Å². The fourth-order valence-electron chi connectivity index (χ4n) is 3.28. The van der Waals surface area contributed by atoms with Crippen LogP contribution in [-0.4, -0.2) is 13.2 Å². The van der Waals surface area contributed by atoms with E-state index in [-0.39, 0.29) is 11.2 Å². The van der Waals surface area contributed by atoms with Gasteiger partial charge in [-0.05, 0) is 36.3 Å². The van der Waals surface area contributed by atoms with Gasteiger partial charge in [0, 0.05) is 12.1 Å². The highest BCUT2D eigenvalue weighted by molar-refractivity contribution is 5.50. The zero-order valence-corrected chi connectivity index (χ0v) is 13.0. The van der Waals surface area contributed by atoms with Crippen LogP contribution >= 0.6 is 0 Å². The first-order chi connectivity index (χ1) is 9.41. The lowest BCUT2D eigenvalue weighted by Crippen LogP contribution is -2.40. The van der Waals surface area contributed by atoms with Crippen LogP contribution < -0.4 is 10.1 Å². The van der Waals surface area contributed by atoms with Crippen molar-refractivity contribution in [3.8, 4) is 5.75 Å². The van der Waals surface area contributed by atoms with Gasteiger partial charge in [0.05, 0.1) is 12.8 Å². The van der Waals surface area contributed by atoms with Gasteiger partial charge in [-0.15, -0.1) is 0 Å². The molecule has 1 saturated carbocycles. The van der Waals surface area contributed by atoms with Gasteiger partial charge in [-0.1, -0.05) is 33.6 Å². The van der Waals surface area contributed by atoms with Crippen LogP contribution in [0.2, 0.25) is 0 Å². The van der Waals surface area contributed by atoms with Gasteiger partial charge in [0.25, 0.3) is 0 Å². The molecule has 1 N–H and O–H groups in total. The van der Waals surface area contributed by atoms with E-state index in [0.29, 0.717) is 23.4 Å². The van der Waals surface area contributed by atoms with Crippen LogP contribution in [0.5, 0.6) is 5.75 Å². The van der Waals surface area contributed by atoms with Crippen molar-refractivity contribution < 1.29 is 9.13 Å². The number of halogens is 1. The Balaban J connectivity index is 2.18. The summed E-state index contributed by atoms with van der Waals surface area (Å²) in [5.74, 6) is 1.06. The summed E-state index contributed by atoms with van der Waals surface area (Å²) in [5.41, 5.74) is 0.804. The monoisotopic (exact) mass is 279 g/mol. The van der Waals surface area contributed by atoms with Crippen molar-refractivity contribution in [1.29, 1.82) is 0 Å². The van der Waals surface area contributed by atoms with Gasteiger partial charge in [0.1, 0.15) is 11.6 Å². The van der Waals surface area contributed by atoms with Crippen LogP contribution in [0.25, 0.3) is 0 Å². The molecule has 0 aliphatic heterocycles. The minimum Gasteiger partial charge on any atom is -0.497 e. The zero-order valence-electron chi connectivity index (χ0n) is 13.0. The number of anilines is 1. The average molecular weight is 279 g/mol. The second-order valence-electron chi connectivity index (χ2n) is 6.85. The van der Waals surface area contributed by atoms with Crippen molar-refractivity contribution in [2.45, 2.75) is 52.5 Å². The molecule has 2 atom stereocenters. The Labute approximate surface area is 121 Å². The van der Waals surface area contributed by atoms with Gasteiger partial charge in [0.2, 0.25) is 0 Å². The van der Waals surface area contributed by atoms with Crippen molar-refractivity contribution in [1.82, 2.24) is 0 Å². The van der Waals surface area contributed by atoms with E-state index in [1.165, 1.54) is 25.3 Å². The Bertz CT molecular complexity index is 453. The summed E-state index contributed by atoms with van der Waals surface area (Å²) in [6.45, 7) is 6.83. The predicted molar refractivity (Wildman–Crippen MR) is 81.8 cm³/mol. The van der Waals surface area contributed by atoms with Crippen molar-refractivity contribution in [3.05, 3.63) is 24.0 Å². The number of nitrogens with one attached hydrogen (secondary N) is 1. The highest BCUT2D eigenvalue weighted by atomic mass is 19.1. The van der Waals surface area contributed by atoms with Gasteiger partial charge in [0.15, 0.2) is 0 Å². The largest absolute Gasteiger partial charge is 0.497 e. The van der Waals surface area contributed by atoms with Gasteiger partial charge < -0.3 is 10.1 Å². The molecule has 0 amide bonds. The standard InChI is InChI=1S/C17H26FNO/c1-17(2,3)13-7-5-6-8-15(13)19-16-11-12(20-4)9-10-14(16)18/h9-11,13,15,19H,5-8H2,1-4H3. The van der Waals surface area contributed by atoms with Crippen LogP contribution in [0, 0.1) is 17.2 Å². The third-order valence-electron chi connectivity index (χ3n) is 4.39. The molecule has 0 spiro atoms. The van der Waals surface area contributed by atoms with E-state index in [1.807, 2.05) is 0 Å². The first kappa shape index (κ1) is 15.1. The summed E-state index contributed by atoms with van der Waals surface area (Å²) in [4.78, 5) is 0. The molecular weight excluding hydrogens is 253 g/mol. The third-order valence-corrected chi connectivity index (χ3v) is 4.39. The van der Waals surface area contributed by atoms with E-state index >= 15 is 0 Å². The van der Waals surface area contributed by atoms with E-state index in [4.69, 9.17) is 4.74 Å². The van der Waals surface area contributed by atoms with Crippen LogP contribution in [-0.2, 0) is 0 Å². The first-order valence-electron chi connectivity index (χ1n) is 7.52. The number of hydrogen-bond donors (Lipinski definition) is 1. The Morgan fingerprint density at radius 3 is 2.55 bits per heavy atom. The molecule has 1 fully saturated rings. The lowest BCUT2D eigenvalue weighted by atomic mass is 9.69. The minimum absolute atomic E-state index is 0.205. The molecule has 20 heavy (non-hydrogen) atoms. The van der Waals surface area contributed by atoms with Gasteiger partial charge in [-0.2, -0.15) is 0 Å². The topological polar surface area (TPSA) is 21.3 Å². The number of methoxy groups -OCH3 is 1. The molecule has 112 valence electrons. The van der Waals surface area contributed by atoms with E-state index in [9.17, 15) is 4.39 Å². The fourth-order valence-corrected chi connectivity index (χ4v) is 3.28. The average Bonchev–Trinajstić information content (AvgIpc) is 2.41. The highest BCUT2D eigenvalue weighted by Crippen LogP contribution is 2.39. The summed E-state index contributed by atoms with van der Waals surface area (Å²) in [6.07, 6.45) is 4.82. The van der Waals surface area contributed by atoms with E-state index in [1.54, 1.807) is 19.2 Å². The minimum atomic E-state index is -0.205. The Hall–Kier alpha value is -1.25. The summed E-state index contributed by atoms with van der Waals surface area (Å²) in [6, 6.07) is 5.22. The molecular formula is C17H26FNO. The molecule has 0 saturated heterocycles. The molecule has 0 bridgehead atoms. The fraction of sp³-hybridized carbons (Fsp3) is 0.647. The molecule has 1 aromatic rings. The molecule has 2 nitrogen and oxygen atoms in total. The SMILES string of the molecule is COc1ccc(F)c(NC2CCCCC2C(C)(C)C)c1. The van der Waals surface area contributed by atoms with E-state index in [2.05, 4.69) is 26.1 Å². The van der Waals surface area contributed by atoms with Crippen molar-refractivity contribution in [3.63, 3.8) is 0 Å². The van der Waals surface area contributed by atoms with Crippen LogP contribution in [0.4, 0.5) is 10.1 Å². The maximum Gasteiger partial charge on any atom is 0.146 e. The van der Waals surface area contributed by atoms with Crippen LogP contribution in [0.3, 0.4) is 0 Å². The molecule has 3 heteroatoms. The smallest absolute Gasteiger partial charge is 0.146 e. The first-order valence-corrected chi connectivity index (χ1v) is 7.52. The molecule has 2 unspecified atom stereocenters. The van der Waals surface area contributed by atoms with E-state index in [0.717, 1.165) is 6.42 Å². The second kappa shape index (κ2) is 6.02. The summed E-state index contributed by atoms with van der Waals surface area (Å²) < 4.78 is 19.2. The Morgan fingerprint density at radius 1 is 1.20 bits per heavy atom. The second-order valence-corrected chi connectivity index (χ2v) is 6.85. The van der Waals surface area contributed by atoms with E-state index < -0.39 is 0 Å². The number of rotatable bonds is 3. The number of benzene rings is 1. The van der Waals surface area contributed by atoms with Crippen molar-refractivity contribution in [2.75, 3.05) is 12.4 Å². The van der Waals surface area contributed by atoms with Gasteiger partial charge in [-0.25, -0.2) is 4.39 Å². The molecule has 0 aromatic heterocycles. The zero-order chi connectivity index (χ0) is 14.8. The molecule has 1 aliphatic rings. The molecule has 1 aliphatic carbocycles. The summed E-state index contributed by atoms with van der Waals surface area (Å²) in [5, 5.41) is 3.43. The third kappa shape index (κ3) is 3.44. The molecule has 0 heterocycles. The number of ether oxygens (including phenoxy) is 1. The summed E-state index contributed by atoms with van der Waals surface area (Å²) in [7, 11) is 1.61. The lowest BCUT2D eigenvalue weighted by molar-refractivity contribution is 0.162. The highest BCUT2D eigenvalue weighted by Gasteiger charge is 2.34. The normalized spacial score (nSPS) is 23.4.